The van der Waals surface area contributed by atoms with E-state index in [9.17, 15) is 14.7 Å². The highest BCUT2D eigenvalue weighted by Gasteiger charge is 2.41. The van der Waals surface area contributed by atoms with E-state index in [2.05, 4.69) is 10.3 Å². The molecule has 3 heterocycles. The number of carbonyl (C=O) groups is 2. The summed E-state index contributed by atoms with van der Waals surface area (Å²) in [5.74, 6) is -1.61. The molecule has 4 rings (SSSR count). The Labute approximate surface area is 161 Å². The van der Waals surface area contributed by atoms with Crippen molar-refractivity contribution in [3.63, 3.8) is 0 Å². The highest BCUT2D eigenvalue weighted by molar-refractivity contribution is 5.93. The number of benzene rings is 1. The molecule has 8 heteroatoms. The van der Waals surface area contributed by atoms with E-state index in [4.69, 9.17) is 4.52 Å². The van der Waals surface area contributed by atoms with Crippen LogP contribution in [0.4, 0.5) is 0 Å². The zero-order valence-electron chi connectivity index (χ0n) is 15.4. The van der Waals surface area contributed by atoms with Gasteiger partial charge in [-0.05, 0) is 18.1 Å². The van der Waals surface area contributed by atoms with Gasteiger partial charge in [-0.25, -0.2) is 0 Å². The van der Waals surface area contributed by atoms with Crippen molar-refractivity contribution in [3.8, 4) is 0 Å². The molecule has 1 aromatic carbocycles. The van der Waals surface area contributed by atoms with Crippen LogP contribution in [0.5, 0.6) is 0 Å². The lowest BCUT2D eigenvalue weighted by Gasteiger charge is -2.15. The molecule has 1 fully saturated rings. The summed E-state index contributed by atoms with van der Waals surface area (Å²) in [6, 6.07) is 11.0. The molecule has 2 aromatic heterocycles. The van der Waals surface area contributed by atoms with E-state index in [0.29, 0.717) is 18.8 Å². The van der Waals surface area contributed by atoms with E-state index < -0.39 is 11.9 Å². The minimum atomic E-state index is -0.904. The van der Waals surface area contributed by atoms with Crippen molar-refractivity contribution < 1.29 is 19.2 Å². The Morgan fingerprint density at radius 2 is 2.04 bits per heavy atom. The minimum absolute atomic E-state index is 0.147. The Kier molecular flexibility index (Phi) is 4.68. The van der Waals surface area contributed by atoms with Crippen LogP contribution in [0, 0.1) is 12.8 Å². The molecule has 3 aromatic rings. The molecule has 1 N–H and O–H groups in total. The quantitative estimate of drug-likeness (QED) is 0.728. The third-order valence-corrected chi connectivity index (χ3v) is 5.01. The summed E-state index contributed by atoms with van der Waals surface area (Å²) in [5, 5.41) is 17.7. The molecule has 1 aliphatic heterocycles. The Bertz CT molecular complexity index is 995. The number of hydrogen-bond acceptors (Lipinski definition) is 5. The molecule has 2 atom stereocenters. The van der Waals surface area contributed by atoms with Gasteiger partial charge in [-0.3, -0.25) is 14.3 Å². The van der Waals surface area contributed by atoms with Gasteiger partial charge in [0.25, 0.3) is 5.91 Å². The van der Waals surface area contributed by atoms with Gasteiger partial charge in [-0.15, -0.1) is 0 Å². The highest BCUT2D eigenvalue weighted by Crippen LogP contribution is 2.33. The number of aryl methyl sites for hydroxylation is 1. The Morgan fingerprint density at radius 1 is 1.25 bits per heavy atom. The summed E-state index contributed by atoms with van der Waals surface area (Å²) in [6.45, 7) is 2.79. The second-order valence-corrected chi connectivity index (χ2v) is 7.07. The average Bonchev–Trinajstić information content (AvgIpc) is 3.42. The fraction of sp³-hybridized carbons (Fsp3) is 0.300. The van der Waals surface area contributed by atoms with Crippen molar-refractivity contribution >= 4 is 11.9 Å². The van der Waals surface area contributed by atoms with E-state index >= 15 is 0 Å². The number of hydrogen-bond donors (Lipinski definition) is 1. The van der Waals surface area contributed by atoms with E-state index in [-0.39, 0.29) is 24.1 Å². The predicted octanol–water partition coefficient (Wildman–Crippen LogP) is 2.17. The van der Waals surface area contributed by atoms with Gasteiger partial charge in [0.15, 0.2) is 11.5 Å². The van der Waals surface area contributed by atoms with E-state index in [1.807, 2.05) is 43.5 Å². The molecule has 1 saturated heterocycles. The lowest BCUT2D eigenvalue weighted by atomic mass is 9.89. The highest BCUT2D eigenvalue weighted by atomic mass is 16.5. The molecular weight excluding hydrogens is 360 g/mol. The molecule has 0 aliphatic carbocycles. The first-order valence-corrected chi connectivity index (χ1v) is 9.03. The van der Waals surface area contributed by atoms with Crippen molar-refractivity contribution in [1.82, 2.24) is 19.8 Å². The first-order valence-electron chi connectivity index (χ1n) is 9.03. The van der Waals surface area contributed by atoms with Gasteiger partial charge >= 0.3 is 5.97 Å². The number of carboxylic acid groups (broad SMARTS) is 1. The number of likely N-dealkylation sites (tertiary alicyclic amines) is 1. The van der Waals surface area contributed by atoms with Crippen LogP contribution in [0.3, 0.4) is 0 Å². The maximum absolute atomic E-state index is 12.8. The number of aliphatic carboxylic acids is 1. The van der Waals surface area contributed by atoms with Gasteiger partial charge in [0.05, 0.1) is 12.1 Å². The lowest BCUT2D eigenvalue weighted by Crippen LogP contribution is -2.30. The molecule has 28 heavy (non-hydrogen) atoms. The van der Waals surface area contributed by atoms with Crippen LogP contribution in [-0.2, 0) is 11.3 Å². The fourth-order valence-corrected chi connectivity index (χ4v) is 3.62. The van der Waals surface area contributed by atoms with Crippen LogP contribution in [0.2, 0.25) is 0 Å². The van der Waals surface area contributed by atoms with Gasteiger partial charge in [0.2, 0.25) is 0 Å². The van der Waals surface area contributed by atoms with Crippen molar-refractivity contribution in [1.29, 1.82) is 0 Å². The topological polar surface area (TPSA) is 101 Å². The SMILES string of the molecule is Cc1cnn(Cc2cc(C(=O)N3C[C@H](C(=O)O)[C@H](c4ccccc4)C3)no2)c1. The smallest absolute Gasteiger partial charge is 0.308 e. The zero-order valence-corrected chi connectivity index (χ0v) is 15.4. The van der Waals surface area contributed by atoms with Crippen LogP contribution >= 0.6 is 0 Å². The summed E-state index contributed by atoms with van der Waals surface area (Å²) in [6.07, 6.45) is 3.61. The standard InChI is InChI=1S/C20H20N4O4/c1-13-8-21-24(9-13)10-15-7-18(22-28-15)19(25)23-11-16(17(12-23)20(26)27)14-5-3-2-4-6-14/h2-9,16-17H,10-12H2,1H3,(H,26,27)/t16-,17-/m0/s1. The van der Waals surface area contributed by atoms with E-state index in [1.165, 1.54) is 4.90 Å². The number of nitrogens with zero attached hydrogens (tertiary/aromatic N) is 4. The summed E-state index contributed by atoms with van der Waals surface area (Å²) in [4.78, 5) is 26.1. The monoisotopic (exact) mass is 380 g/mol. The number of rotatable bonds is 5. The first kappa shape index (κ1) is 18.0. The molecule has 0 saturated carbocycles. The second kappa shape index (κ2) is 7.30. The molecule has 1 aliphatic rings. The van der Waals surface area contributed by atoms with Gasteiger partial charge in [0, 0.05) is 31.3 Å². The first-order chi connectivity index (χ1) is 13.5. The largest absolute Gasteiger partial charge is 0.481 e. The molecule has 0 spiro atoms. The minimum Gasteiger partial charge on any atom is -0.481 e. The molecule has 8 nitrogen and oxygen atoms in total. The summed E-state index contributed by atoms with van der Waals surface area (Å²) >= 11 is 0. The molecule has 0 bridgehead atoms. The molecule has 1 amide bonds. The molecule has 0 radical (unpaired) electrons. The Hall–Kier alpha value is -3.42. The number of aromatic nitrogens is 3. The second-order valence-electron chi connectivity index (χ2n) is 7.07. The lowest BCUT2D eigenvalue weighted by molar-refractivity contribution is -0.141. The molecule has 0 unspecified atom stereocenters. The summed E-state index contributed by atoms with van der Waals surface area (Å²) in [5.41, 5.74) is 2.12. The third kappa shape index (κ3) is 3.53. The molecular formula is C20H20N4O4. The van der Waals surface area contributed by atoms with E-state index in [0.717, 1.165) is 11.1 Å². The van der Waals surface area contributed by atoms with Crippen molar-refractivity contribution in [2.45, 2.75) is 19.4 Å². The van der Waals surface area contributed by atoms with Crippen molar-refractivity contribution in [2.75, 3.05) is 13.1 Å². The van der Waals surface area contributed by atoms with Crippen LogP contribution in [0.1, 0.15) is 33.3 Å². The van der Waals surface area contributed by atoms with Gasteiger partial charge < -0.3 is 14.5 Å². The van der Waals surface area contributed by atoms with Gasteiger partial charge in [0.1, 0.15) is 6.54 Å². The van der Waals surface area contributed by atoms with Crippen LogP contribution in [0.15, 0.2) is 53.3 Å². The van der Waals surface area contributed by atoms with Crippen LogP contribution in [-0.4, -0.2) is 49.9 Å². The maximum Gasteiger partial charge on any atom is 0.308 e. The van der Waals surface area contributed by atoms with E-state index in [1.54, 1.807) is 16.9 Å². The number of amides is 1. The fourth-order valence-electron chi connectivity index (χ4n) is 3.62. The zero-order chi connectivity index (χ0) is 19.7. The molecule has 144 valence electrons. The number of carbonyl (C=O) groups excluding carboxylic acids is 1. The maximum atomic E-state index is 12.8. The van der Waals surface area contributed by atoms with Crippen molar-refractivity contribution in [2.24, 2.45) is 5.92 Å². The summed E-state index contributed by atoms with van der Waals surface area (Å²) < 4.78 is 6.97. The van der Waals surface area contributed by atoms with Gasteiger partial charge in [-0.1, -0.05) is 35.5 Å². The Balaban J connectivity index is 1.50. The number of carboxylic acids is 1. The van der Waals surface area contributed by atoms with Crippen LogP contribution in [0.25, 0.3) is 0 Å². The summed E-state index contributed by atoms with van der Waals surface area (Å²) in [7, 11) is 0. The third-order valence-electron chi connectivity index (χ3n) is 5.01. The predicted molar refractivity (Wildman–Crippen MR) is 98.8 cm³/mol. The Morgan fingerprint density at radius 3 is 2.71 bits per heavy atom. The van der Waals surface area contributed by atoms with Crippen molar-refractivity contribution in [3.05, 3.63) is 71.4 Å². The van der Waals surface area contributed by atoms with Crippen LogP contribution < -0.4 is 0 Å². The van der Waals surface area contributed by atoms with Gasteiger partial charge in [-0.2, -0.15) is 5.10 Å². The normalized spacial score (nSPS) is 19.1. The average molecular weight is 380 g/mol.